The number of hydrogen-bond acceptors (Lipinski definition) is 3. The van der Waals surface area contributed by atoms with E-state index in [1.165, 1.54) is 6.21 Å². The summed E-state index contributed by atoms with van der Waals surface area (Å²) in [6.45, 7) is 0. The Kier molecular flexibility index (Phi) is 4.66. The van der Waals surface area contributed by atoms with Crippen molar-refractivity contribution in [3.63, 3.8) is 0 Å². The third-order valence-electron chi connectivity index (χ3n) is 1.62. The molecular weight excluding hydrogens is 194 g/mol. The van der Waals surface area contributed by atoms with Gasteiger partial charge in [0.05, 0.1) is 6.21 Å². The summed E-state index contributed by atoms with van der Waals surface area (Å²) in [7, 11) is 0. The molecule has 72 valence electrons. The van der Waals surface area contributed by atoms with Gasteiger partial charge in [-0.1, -0.05) is 35.2 Å². The summed E-state index contributed by atoms with van der Waals surface area (Å²) in [6.07, 6.45) is 2.14. The molecule has 1 N–H and O–H groups in total. The quantitative estimate of drug-likeness (QED) is 0.250. The number of oxime groups is 1. The Morgan fingerprint density at radius 3 is 2.93 bits per heavy atom. The maximum atomic E-state index is 8.42. The van der Waals surface area contributed by atoms with Gasteiger partial charge in [0.2, 0.25) is 0 Å². The summed E-state index contributed by atoms with van der Waals surface area (Å²) < 4.78 is 0. The SMILES string of the molecule is ON=Cc1ccccc1C#CCCS. The second-order valence-electron chi connectivity index (χ2n) is 2.61. The van der Waals surface area contributed by atoms with Crippen LogP contribution in [0.2, 0.25) is 0 Å². The number of rotatable bonds is 2. The predicted molar refractivity (Wildman–Crippen MR) is 61.2 cm³/mol. The van der Waals surface area contributed by atoms with Gasteiger partial charge in [-0.05, 0) is 6.07 Å². The molecule has 0 aromatic heterocycles. The molecular formula is C11H11NOS. The molecule has 0 unspecified atom stereocenters. The van der Waals surface area contributed by atoms with Gasteiger partial charge in [-0.15, -0.1) is 0 Å². The lowest BCUT2D eigenvalue weighted by Gasteiger charge is -1.95. The van der Waals surface area contributed by atoms with Gasteiger partial charge in [0.15, 0.2) is 0 Å². The first-order chi connectivity index (χ1) is 6.88. The molecule has 0 bridgehead atoms. The zero-order valence-electron chi connectivity index (χ0n) is 7.64. The van der Waals surface area contributed by atoms with E-state index in [0.717, 1.165) is 23.3 Å². The van der Waals surface area contributed by atoms with E-state index in [0.29, 0.717) is 0 Å². The lowest BCUT2D eigenvalue weighted by molar-refractivity contribution is 0.322. The summed E-state index contributed by atoms with van der Waals surface area (Å²) in [5.41, 5.74) is 1.69. The van der Waals surface area contributed by atoms with Crippen LogP contribution in [-0.4, -0.2) is 17.2 Å². The third kappa shape index (κ3) is 3.15. The van der Waals surface area contributed by atoms with Crippen LogP contribution in [0.1, 0.15) is 17.5 Å². The molecule has 0 aliphatic heterocycles. The number of hydrogen-bond donors (Lipinski definition) is 2. The van der Waals surface area contributed by atoms with Crippen LogP contribution < -0.4 is 0 Å². The van der Waals surface area contributed by atoms with Gasteiger partial charge in [0.1, 0.15) is 0 Å². The molecule has 1 aromatic carbocycles. The zero-order valence-corrected chi connectivity index (χ0v) is 8.54. The van der Waals surface area contributed by atoms with Crippen LogP contribution in [0.25, 0.3) is 0 Å². The van der Waals surface area contributed by atoms with Crippen molar-refractivity contribution in [1.82, 2.24) is 0 Å². The van der Waals surface area contributed by atoms with E-state index in [-0.39, 0.29) is 0 Å². The third-order valence-corrected chi connectivity index (χ3v) is 1.84. The van der Waals surface area contributed by atoms with Crippen LogP contribution in [0.3, 0.4) is 0 Å². The smallest absolute Gasteiger partial charge is 0.0746 e. The average Bonchev–Trinajstić information content (AvgIpc) is 2.21. The topological polar surface area (TPSA) is 32.6 Å². The Morgan fingerprint density at radius 1 is 1.43 bits per heavy atom. The second kappa shape index (κ2) is 6.11. The molecule has 1 aromatic rings. The zero-order chi connectivity index (χ0) is 10.2. The lowest BCUT2D eigenvalue weighted by atomic mass is 10.1. The normalized spacial score (nSPS) is 9.79. The first-order valence-corrected chi connectivity index (χ1v) is 4.88. The van der Waals surface area contributed by atoms with Crippen molar-refractivity contribution in [2.24, 2.45) is 5.16 Å². The molecule has 0 spiro atoms. The van der Waals surface area contributed by atoms with E-state index in [1.54, 1.807) is 0 Å². The molecule has 0 aliphatic carbocycles. The van der Waals surface area contributed by atoms with E-state index in [2.05, 4.69) is 29.6 Å². The minimum Gasteiger partial charge on any atom is -0.411 e. The first kappa shape index (κ1) is 10.7. The number of nitrogens with zero attached hydrogens (tertiary/aromatic N) is 1. The largest absolute Gasteiger partial charge is 0.411 e. The summed E-state index contributed by atoms with van der Waals surface area (Å²) >= 11 is 4.07. The summed E-state index contributed by atoms with van der Waals surface area (Å²) in [5, 5.41) is 11.4. The highest BCUT2D eigenvalue weighted by molar-refractivity contribution is 7.80. The van der Waals surface area contributed by atoms with E-state index in [4.69, 9.17) is 5.21 Å². The Bertz CT molecular complexity index is 376. The van der Waals surface area contributed by atoms with Crippen LogP contribution >= 0.6 is 12.6 Å². The molecule has 0 radical (unpaired) electrons. The fourth-order valence-electron chi connectivity index (χ4n) is 0.999. The van der Waals surface area contributed by atoms with Crippen molar-refractivity contribution in [2.75, 3.05) is 5.75 Å². The van der Waals surface area contributed by atoms with E-state index < -0.39 is 0 Å². The van der Waals surface area contributed by atoms with Crippen LogP contribution in [-0.2, 0) is 0 Å². The maximum absolute atomic E-state index is 8.42. The van der Waals surface area contributed by atoms with Gasteiger partial charge in [-0.25, -0.2) is 0 Å². The first-order valence-electron chi connectivity index (χ1n) is 4.24. The fraction of sp³-hybridized carbons (Fsp3) is 0.182. The van der Waals surface area contributed by atoms with Gasteiger partial charge >= 0.3 is 0 Å². The molecule has 0 atom stereocenters. The standard InChI is InChI=1S/C11H11NOS/c13-12-9-11-7-2-1-5-10(11)6-3-4-8-14/h1-2,5,7,9,13-14H,4,8H2. The molecule has 0 saturated carbocycles. The highest BCUT2D eigenvalue weighted by Gasteiger charge is 1.93. The average molecular weight is 205 g/mol. The van der Waals surface area contributed by atoms with Gasteiger partial charge in [0, 0.05) is 23.3 Å². The second-order valence-corrected chi connectivity index (χ2v) is 3.05. The van der Waals surface area contributed by atoms with Crippen LogP contribution in [0.15, 0.2) is 29.4 Å². The van der Waals surface area contributed by atoms with Crippen molar-refractivity contribution in [3.8, 4) is 11.8 Å². The van der Waals surface area contributed by atoms with Crippen LogP contribution in [0, 0.1) is 11.8 Å². The van der Waals surface area contributed by atoms with Gasteiger partial charge in [-0.2, -0.15) is 12.6 Å². The van der Waals surface area contributed by atoms with Gasteiger partial charge < -0.3 is 5.21 Å². The van der Waals surface area contributed by atoms with Crippen LogP contribution in [0.5, 0.6) is 0 Å². The molecule has 0 heterocycles. The minimum atomic E-state index is 0.753. The van der Waals surface area contributed by atoms with Crippen LogP contribution in [0.4, 0.5) is 0 Å². The Balaban J connectivity index is 2.91. The molecule has 0 amide bonds. The molecule has 0 aliphatic rings. The maximum Gasteiger partial charge on any atom is 0.0746 e. The lowest BCUT2D eigenvalue weighted by Crippen LogP contribution is -1.86. The van der Waals surface area contributed by atoms with E-state index in [1.807, 2.05) is 24.3 Å². The van der Waals surface area contributed by atoms with Crippen molar-refractivity contribution >= 4 is 18.8 Å². The van der Waals surface area contributed by atoms with Crippen molar-refractivity contribution in [1.29, 1.82) is 0 Å². The highest BCUT2D eigenvalue weighted by atomic mass is 32.1. The monoisotopic (exact) mass is 205 g/mol. The Hall–Kier alpha value is -1.40. The minimum absolute atomic E-state index is 0.753. The van der Waals surface area contributed by atoms with Crippen molar-refractivity contribution in [2.45, 2.75) is 6.42 Å². The highest BCUT2D eigenvalue weighted by Crippen LogP contribution is 2.04. The number of benzene rings is 1. The fourth-order valence-corrected chi connectivity index (χ4v) is 1.11. The van der Waals surface area contributed by atoms with Gasteiger partial charge in [0.25, 0.3) is 0 Å². The molecule has 1 rings (SSSR count). The molecule has 0 fully saturated rings. The summed E-state index contributed by atoms with van der Waals surface area (Å²) in [5.74, 6) is 6.73. The van der Waals surface area contributed by atoms with E-state index in [9.17, 15) is 0 Å². The molecule has 0 saturated heterocycles. The number of thiol groups is 1. The van der Waals surface area contributed by atoms with Crippen molar-refractivity contribution < 1.29 is 5.21 Å². The van der Waals surface area contributed by atoms with E-state index >= 15 is 0 Å². The molecule has 3 heteroatoms. The molecule has 14 heavy (non-hydrogen) atoms. The summed E-state index contributed by atoms with van der Waals surface area (Å²) in [4.78, 5) is 0. The van der Waals surface area contributed by atoms with Crippen molar-refractivity contribution in [3.05, 3.63) is 35.4 Å². The Labute approximate surface area is 89.1 Å². The van der Waals surface area contributed by atoms with Gasteiger partial charge in [-0.3, -0.25) is 0 Å². The Morgan fingerprint density at radius 2 is 2.21 bits per heavy atom. The predicted octanol–water partition coefficient (Wildman–Crippen LogP) is 2.17. The molecule has 2 nitrogen and oxygen atoms in total. The summed E-state index contributed by atoms with van der Waals surface area (Å²) in [6, 6.07) is 7.52.